The Balaban J connectivity index is 2.22. The normalized spacial score (nSPS) is 29.4. The van der Waals surface area contributed by atoms with Crippen LogP contribution >= 0.6 is 0 Å². The average molecular weight is 257 g/mol. The first-order chi connectivity index (χ1) is 8.52. The molecule has 2 heterocycles. The zero-order valence-electron chi connectivity index (χ0n) is 9.52. The minimum atomic E-state index is -1.09. The summed E-state index contributed by atoms with van der Waals surface area (Å²) in [4.78, 5) is 24.6. The van der Waals surface area contributed by atoms with Gasteiger partial charge in [-0.2, -0.15) is 0 Å². The molecule has 5 N–H and O–H groups in total. The fourth-order valence-electron chi connectivity index (χ4n) is 2.02. The third-order valence-electron chi connectivity index (χ3n) is 2.94. The number of hydrogen-bond acceptors (Lipinski definition) is 6. The van der Waals surface area contributed by atoms with Crippen molar-refractivity contribution in [2.75, 3.05) is 6.61 Å². The smallest absolute Gasteiger partial charge is 0.330 e. The Hall–Kier alpha value is -1.48. The van der Waals surface area contributed by atoms with Gasteiger partial charge in [-0.25, -0.2) is 4.79 Å². The molecule has 100 valence electrons. The number of rotatable bonds is 3. The van der Waals surface area contributed by atoms with Crippen molar-refractivity contribution < 1.29 is 14.9 Å². The van der Waals surface area contributed by atoms with E-state index in [0.29, 0.717) is 6.42 Å². The molecular formula is C10H15N3O5. The Morgan fingerprint density at radius 3 is 2.94 bits per heavy atom. The van der Waals surface area contributed by atoms with Crippen molar-refractivity contribution in [3.8, 4) is 0 Å². The molecule has 0 aliphatic carbocycles. The summed E-state index contributed by atoms with van der Waals surface area (Å²) < 4.78 is 6.64. The van der Waals surface area contributed by atoms with Crippen molar-refractivity contribution in [3.05, 3.63) is 33.1 Å². The lowest BCUT2D eigenvalue weighted by atomic mass is 10.1. The van der Waals surface area contributed by atoms with Gasteiger partial charge in [-0.3, -0.25) is 14.3 Å². The Kier molecular flexibility index (Phi) is 3.62. The zero-order chi connectivity index (χ0) is 13.3. The molecule has 0 bridgehead atoms. The van der Waals surface area contributed by atoms with Crippen LogP contribution in [0.3, 0.4) is 0 Å². The number of H-pyrrole nitrogens is 1. The number of nitrogens with zero attached hydrogens (tertiary/aromatic N) is 1. The first-order valence-electron chi connectivity index (χ1n) is 5.54. The van der Waals surface area contributed by atoms with E-state index in [2.05, 4.69) is 4.98 Å². The zero-order valence-corrected chi connectivity index (χ0v) is 9.52. The Morgan fingerprint density at radius 1 is 1.61 bits per heavy atom. The second kappa shape index (κ2) is 5.02. The largest absolute Gasteiger partial charge is 0.394 e. The first kappa shape index (κ1) is 13.0. The number of aromatic amines is 1. The van der Waals surface area contributed by atoms with Gasteiger partial charge in [0.1, 0.15) is 18.4 Å². The number of nitrogens with one attached hydrogen (secondary N) is 1. The summed E-state index contributed by atoms with van der Waals surface area (Å²) in [5, 5.41) is 18.4. The summed E-state index contributed by atoms with van der Waals surface area (Å²) in [7, 11) is 0. The van der Waals surface area contributed by atoms with Crippen LogP contribution in [0.5, 0.6) is 0 Å². The van der Waals surface area contributed by atoms with E-state index in [-0.39, 0.29) is 0 Å². The van der Waals surface area contributed by atoms with Crippen LogP contribution in [0.4, 0.5) is 0 Å². The number of nitrogens with two attached hydrogens (primary N) is 1. The highest BCUT2D eigenvalue weighted by Crippen LogP contribution is 2.27. The van der Waals surface area contributed by atoms with Crippen molar-refractivity contribution in [2.24, 2.45) is 5.73 Å². The van der Waals surface area contributed by atoms with Crippen LogP contribution in [0.1, 0.15) is 12.6 Å². The molecule has 1 aromatic rings. The molecule has 0 spiro atoms. The topological polar surface area (TPSA) is 131 Å². The highest BCUT2D eigenvalue weighted by Gasteiger charge is 2.38. The van der Waals surface area contributed by atoms with Gasteiger partial charge in [0.15, 0.2) is 0 Å². The van der Waals surface area contributed by atoms with Crippen molar-refractivity contribution in [1.82, 2.24) is 9.55 Å². The molecule has 1 aliphatic heterocycles. The lowest BCUT2D eigenvalue weighted by molar-refractivity contribution is -0.0781. The third-order valence-corrected chi connectivity index (χ3v) is 2.94. The highest BCUT2D eigenvalue weighted by atomic mass is 16.5. The van der Waals surface area contributed by atoms with Crippen LogP contribution in [-0.2, 0) is 4.74 Å². The highest BCUT2D eigenvalue weighted by molar-refractivity contribution is 4.91. The molecule has 1 aliphatic rings. The van der Waals surface area contributed by atoms with Gasteiger partial charge in [0.2, 0.25) is 0 Å². The fourth-order valence-corrected chi connectivity index (χ4v) is 2.02. The maximum atomic E-state index is 11.6. The van der Waals surface area contributed by atoms with E-state index in [1.807, 2.05) is 0 Å². The summed E-state index contributed by atoms with van der Waals surface area (Å²) >= 11 is 0. The molecule has 0 radical (unpaired) electrons. The Labute approximate surface area is 102 Å². The van der Waals surface area contributed by atoms with Crippen LogP contribution in [0, 0.1) is 0 Å². The van der Waals surface area contributed by atoms with Crippen LogP contribution in [0.15, 0.2) is 21.9 Å². The van der Waals surface area contributed by atoms with Gasteiger partial charge >= 0.3 is 5.69 Å². The first-order valence-corrected chi connectivity index (χ1v) is 5.54. The van der Waals surface area contributed by atoms with E-state index in [1.165, 1.54) is 16.8 Å². The molecule has 1 unspecified atom stereocenters. The second-order valence-corrected chi connectivity index (χ2v) is 4.22. The minimum absolute atomic E-state index is 0.313. The minimum Gasteiger partial charge on any atom is -0.394 e. The van der Waals surface area contributed by atoms with Crippen molar-refractivity contribution in [1.29, 1.82) is 0 Å². The van der Waals surface area contributed by atoms with E-state index < -0.39 is 42.3 Å². The lowest BCUT2D eigenvalue weighted by Crippen LogP contribution is -2.41. The molecule has 18 heavy (non-hydrogen) atoms. The van der Waals surface area contributed by atoms with Crippen LogP contribution in [0.25, 0.3) is 0 Å². The standard InChI is InChI=1S/C10H15N3O5/c11-5-3-8(18-9(5)6(15)4-14)13-2-1-7(16)12-10(13)17/h1-2,5-6,8-9,14-15H,3-4,11H2,(H,12,16,17)/t5-,6?,8+,9-/m1/s1. The van der Waals surface area contributed by atoms with Crippen molar-refractivity contribution >= 4 is 0 Å². The predicted octanol–water partition coefficient (Wildman–Crippen LogP) is -2.50. The summed E-state index contributed by atoms with van der Waals surface area (Å²) in [6.45, 7) is -0.467. The van der Waals surface area contributed by atoms with E-state index in [9.17, 15) is 14.7 Å². The molecule has 2 rings (SSSR count). The van der Waals surface area contributed by atoms with Crippen molar-refractivity contribution in [3.63, 3.8) is 0 Å². The predicted molar refractivity (Wildman–Crippen MR) is 60.9 cm³/mol. The van der Waals surface area contributed by atoms with Crippen LogP contribution < -0.4 is 17.0 Å². The van der Waals surface area contributed by atoms with Gasteiger partial charge in [-0.1, -0.05) is 0 Å². The number of aliphatic hydroxyl groups is 2. The molecular weight excluding hydrogens is 242 g/mol. The van der Waals surface area contributed by atoms with Crippen molar-refractivity contribution in [2.45, 2.75) is 30.9 Å². The fraction of sp³-hybridized carbons (Fsp3) is 0.600. The molecule has 0 saturated carbocycles. The van der Waals surface area contributed by atoms with Crippen LogP contribution in [0.2, 0.25) is 0 Å². The Bertz CT molecular complexity index is 525. The quantitative estimate of drug-likeness (QED) is 0.473. The van der Waals surface area contributed by atoms with E-state index in [0.717, 1.165) is 0 Å². The third kappa shape index (κ3) is 2.36. The number of aliphatic hydroxyl groups excluding tert-OH is 2. The molecule has 1 fully saturated rings. The maximum Gasteiger partial charge on any atom is 0.330 e. The molecule has 1 aromatic heterocycles. The Morgan fingerprint density at radius 2 is 2.33 bits per heavy atom. The van der Waals surface area contributed by atoms with E-state index >= 15 is 0 Å². The number of ether oxygens (including phenoxy) is 1. The molecule has 0 amide bonds. The molecule has 8 nitrogen and oxygen atoms in total. The van der Waals surface area contributed by atoms with Gasteiger partial charge < -0.3 is 20.7 Å². The summed E-state index contributed by atoms with van der Waals surface area (Å²) in [6, 6.07) is 0.711. The van der Waals surface area contributed by atoms with Gasteiger partial charge in [0, 0.05) is 24.7 Å². The van der Waals surface area contributed by atoms with E-state index in [1.54, 1.807) is 0 Å². The molecule has 1 saturated heterocycles. The van der Waals surface area contributed by atoms with Gasteiger partial charge in [-0.15, -0.1) is 0 Å². The number of aromatic nitrogens is 2. The van der Waals surface area contributed by atoms with Crippen LogP contribution in [-0.4, -0.2) is 44.6 Å². The van der Waals surface area contributed by atoms with Gasteiger partial charge in [0.05, 0.1) is 6.61 Å². The van der Waals surface area contributed by atoms with Gasteiger partial charge in [0.25, 0.3) is 5.56 Å². The molecule has 0 aromatic carbocycles. The SMILES string of the molecule is N[C@@H]1C[C@@H](n2ccc(=O)[nH]c2=O)O[C@H]1C(O)CO. The molecule has 8 heteroatoms. The average Bonchev–Trinajstić information content (AvgIpc) is 2.70. The summed E-state index contributed by atoms with van der Waals surface area (Å²) in [5.74, 6) is 0. The van der Waals surface area contributed by atoms with Gasteiger partial charge in [-0.05, 0) is 0 Å². The summed E-state index contributed by atoms with van der Waals surface area (Å²) in [6.07, 6.45) is -0.863. The summed E-state index contributed by atoms with van der Waals surface area (Å²) in [5.41, 5.74) is 4.69. The lowest BCUT2D eigenvalue weighted by Gasteiger charge is -2.20. The van der Waals surface area contributed by atoms with E-state index in [4.69, 9.17) is 15.6 Å². The number of hydrogen-bond donors (Lipinski definition) is 4. The monoisotopic (exact) mass is 257 g/mol. The maximum absolute atomic E-state index is 11.6. The molecule has 4 atom stereocenters. The second-order valence-electron chi connectivity index (χ2n) is 4.22.